The summed E-state index contributed by atoms with van der Waals surface area (Å²) in [4.78, 5) is 7.33. The molecule has 1 aromatic heterocycles. The molecule has 108 valence electrons. The van der Waals surface area contributed by atoms with Crippen molar-refractivity contribution in [1.82, 2.24) is 15.3 Å². The molecule has 0 aliphatic heterocycles. The van der Waals surface area contributed by atoms with Gasteiger partial charge in [0.1, 0.15) is 11.6 Å². The Bertz CT molecular complexity index is 482. The molecule has 0 spiro atoms. The van der Waals surface area contributed by atoms with Crippen LogP contribution < -0.4 is 10.1 Å². The molecule has 4 nitrogen and oxygen atoms in total. The van der Waals surface area contributed by atoms with E-state index < -0.39 is 0 Å². The number of aromatic amines is 1. The van der Waals surface area contributed by atoms with Crippen LogP contribution in [0.4, 0.5) is 0 Å². The van der Waals surface area contributed by atoms with Crippen molar-refractivity contribution in [2.24, 2.45) is 0 Å². The number of hydrogen-bond acceptors (Lipinski definition) is 3. The summed E-state index contributed by atoms with van der Waals surface area (Å²) in [5.41, 5.74) is 1.26. The molecule has 0 unspecified atom stereocenters. The smallest absolute Gasteiger partial charge is 0.119 e. The Labute approximate surface area is 120 Å². The van der Waals surface area contributed by atoms with Gasteiger partial charge < -0.3 is 15.0 Å². The highest BCUT2D eigenvalue weighted by Crippen LogP contribution is 2.13. The second kappa shape index (κ2) is 8.38. The SMILES string of the molecule is CCCOc1cccc(CNCCCc2ncc[nH]2)c1. The average Bonchev–Trinajstić information content (AvgIpc) is 2.98. The lowest BCUT2D eigenvalue weighted by atomic mass is 10.2. The lowest BCUT2D eigenvalue weighted by Gasteiger charge is -2.08. The van der Waals surface area contributed by atoms with Gasteiger partial charge in [0.15, 0.2) is 0 Å². The van der Waals surface area contributed by atoms with E-state index in [4.69, 9.17) is 4.74 Å². The van der Waals surface area contributed by atoms with Crippen LogP contribution in [0.3, 0.4) is 0 Å². The van der Waals surface area contributed by atoms with Gasteiger partial charge in [0.2, 0.25) is 0 Å². The van der Waals surface area contributed by atoms with Gasteiger partial charge in [-0.3, -0.25) is 0 Å². The molecule has 1 heterocycles. The van der Waals surface area contributed by atoms with Crippen molar-refractivity contribution in [3.05, 3.63) is 48.0 Å². The number of aryl methyl sites for hydroxylation is 1. The Morgan fingerprint density at radius 1 is 1.35 bits per heavy atom. The monoisotopic (exact) mass is 273 g/mol. The highest BCUT2D eigenvalue weighted by atomic mass is 16.5. The summed E-state index contributed by atoms with van der Waals surface area (Å²) in [6.45, 7) is 4.76. The first-order valence-electron chi connectivity index (χ1n) is 7.29. The molecule has 20 heavy (non-hydrogen) atoms. The molecule has 0 saturated carbocycles. The van der Waals surface area contributed by atoms with Gasteiger partial charge in [-0.1, -0.05) is 19.1 Å². The number of aromatic nitrogens is 2. The number of nitrogens with zero attached hydrogens (tertiary/aromatic N) is 1. The summed E-state index contributed by atoms with van der Waals surface area (Å²) >= 11 is 0. The summed E-state index contributed by atoms with van der Waals surface area (Å²) in [6.07, 6.45) is 6.77. The van der Waals surface area contributed by atoms with Crippen LogP contribution in [0.25, 0.3) is 0 Å². The van der Waals surface area contributed by atoms with Crippen molar-refractivity contribution in [3.63, 3.8) is 0 Å². The number of rotatable bonds is 9. The molecule has 0 aliphatic rings. The molecular formula is C16H23N3O. The minimum Gasteiger partial charge on any atom is -0.494 e. The van der Waals surface area contributed by atoms with E-state index >= 15 is 0 Å². The van der Waals surface area contributed by atoms with E-state index in [-0.39, 0.29) is 0 Å². The standard InChI is InChI=1S/C16H23N3O/c1-2-11-20-15-6-3-5-14(12-15)13-17-8-4-7-16-18-9-10-19-16/h3,5-6,9-10,12,17H,2,4,7-8,11,13H2,1H3,(H,18,19). The van der Waals surface area contributed by atoms with Crippen LogP contribution in [0, 0.1) is 0 Å². The molecular weight excluding hydrogens is 250 g/mol. The second-order valence-electron chi connectivity index (χ2n) is 4.81. The number of H-pyrrole nitrogens is 1. The fourth-order valence-electron chi connectivity index (χ4n) is 2.01. The van der Waals surface area contributed by atoms with Crippen molar-refractivity contribution < 1.29 is 4.74 Å². The summed E-state index contributed by atoms with van der Waals surface area (Å²) < 4.78 is 5.63. The van der Waals surface area contributed by atoms with E-state index in [0.29, 0.717) is 0 Å². The van der Waals surface area contributed by atoms with Crippen LogP contribution in [0.15, 0.2) is 36.7 Å². The maximum absolute atomic E-state index is 5.63. The topological polar surface area (TPSA) is 49.9 Å². The van der Waals surface area contributed by atoms with Crippen LogP contribution in [0.1, 0.15) is 31.2 Å². The summed E-state index contributed by atoms with van der Waals surface area (Å²) in [7, 11) is 0. The van der Waals surface area contributed by atoms with Gasteiger partial charge in [0, 0.05) is 25.4 Å². The number of imidazole rings is 1. The molecule has 0 saturated heterocycles. The number of nitrogens with one attached hydrogen (secondary N) is 2. The normalized spacial score (nSPS) is 10.7. The maximum Gasteiger partial charge on any atom is 0.119 e. The van der Waals surface area contributed by atoms with E-state index in [1.165, 1.54) is 5.56 Å². The van der Waals surface area contributed by atoms with Crippen molar-refractivity contribution in [3.8, 4) is 5.75 Å². The van der Waals surface area contributed by atoms with Gasteiger partial charge in [0.05, 0.1) is 6.61 Å². The Morgan fingerprint density at radius 2 is 2.30 bits per heavy atom. The van der Waals surface area contributed by atoms with E-state index in [9.17, 15) is 0 Å². The van der Waals surface area contributed by atoms with Crippen molar-refractivity contribution in [2.75, 3.05) is 13.2 Å². The first-order valence-corrected chi connectivity index (χ1v) is 7.29. The zero-order valence-corrected chi connectivity index (χ0v) is 12.1. The van der Waals surface area contributed by atoms with Gasteiger partial charge in [-0.05, 0) is 37.1 Å². The third kappa shape index (κ3) is 5.05. The molecule has 0 atom stereocenters. The molecule has 2 N–H and O–H groups in total. The van der Waals surface area contributed by atoms with Crippen molar-refractivity contribution >= 4 is 0 Å². The van der Waals surface area contributed by atoms with Crippen LogP contribution in [0.2, 0.25) is 0 Å². The first-order chi connectivity index (χ1) is 9.88. The lowest BCUT2D eigenvalue weighted by Crippen LogP contribution is -2.15. The third-order valence-electron chi connectivity index (χ3n) is 3.02. The lowest BCUT2D eigenvalue weighted by molar-refractivity contribution is 0.317. The predicted molar refractivity (Wildman–Crippen MR) is 80.8 cm³/mol. The van der Waals surface area contributed by atoms with Gasteiger partial charge in [0.25, 0.3) is 0 Å². The van der Waals surface area contributed by atoms with Crippen LogP contribution >= 0.6 is 0 Å². The maximum atomic E-state index is 5.63. The van der Waals surface area contributed by atoms with Crippen molar-refractivity contribution in [2.45, 2.75) is 32.7 Å². The summed E-state index contributed by atoms with van der Waals surface area (Å²) in [5, 5.41) is 3.45. The van der Waals surface area contributed by atoms with E-state index in [0.717, 1.165) is 50.5 Å². The summed E-state index contributed by atoms with van der Waals surface area (Å²) in [6, 6.07) is 8.29. The second-order valence-corrected chi connectivity index (χ2v) is 4.81. The number of hydrogen-bond donors (Lipinski definition) is 2. The molecule has 4 heteroatoms. The van der Waals surface area contributed by atoms with Gasteiger partial charge in [-0.15, -0.1) is 0 Å². The average molecular weight is 273 g/mol. The fraction of sp³-hybridized carbons (Fsp3) is 0.438. The largest absolute Gasteiger partial charge is 0.494 e. The quantitative estimate of drug-likeness (QED) is 0.691. The molecule has 0 radical (unpaired) electrons. The van der Waals surface area contributed by atoms with E-state index in [1.54, 1.807) is 6.20 Å². The Hall–Kier alpha value is -1.81. The zero-order valence-electron chi connectivity index (χ0n) is 12.1. The van der Waals surface area contributed by atoms with E-state index in [2.05, 4.69) is 34.3 Å². The molecule has 0 amide bonds. The highest BCUT2D eigenvalue weighted by molar-refractivity contribution is 5.28. The Balaban J connectivity index is 1.65. The highest BCUT2D eigenvalue weighted by Gasteiger charge is 1.98. The van der Waals surface area contributed by atoms with Gasteiger partial charge in [-0.2, -0.15) is 0 Å². The Kier molecular flexibility index (Phi) is 6.11. The van der Waals surface area contributed by atoms with Gasteiger partial charge >= 0.3 is 0 Å². The Morgan fingerprint density at radius 3 is 3.10 bits per heavy atom. The minimum atomic E-state index is 0.778. The molecule has 0 fully saturated rings. The molecule has 2 aromatic rings. The fourth-order valence-corrected chi connectivity index (χ4v) is 2.01. The predicted octanol–water partition coefficient (Wildman–Crippen LogP) is 2.92. The first kappa shape index (κ1) is 14.6. The van der Waals surface area contributed by atoms with Gasteiger partial charge in [-0.25, -0.2) is 4.98 Å². The summed E-state index contributed by atoms with van der Waals surface area (Å²) in [5.74, 6) is 2.02. The van der Waals surface area contributed by atoms with Crippen LogP contribution in [-0.4, -0.2) is 23.1 Å². The number of benzene rings is 1. The molecule has 0 bridgehead atoms. The molecule has 1 aromatic carbocycles. The van der Waals surface area contributed by atoms with Crippen LogP contribution in [0.5, 0.6) is 5.75 Å². The molecule has 0 aliphatic carbocycles. The van der Waals surface area contributed by atoms with Crippen LogP contribution in [-0.2, 0) is 13.0 Å². The molecule has 2 rings (SSSR count). The van der Waals surface area contributed by atoms with Crippen molar-refractivity contribution in [1.29, 1.82) is 0 Å². The number of ether oxygens (including phenoxy) is 1. The third-order valence-corrected chi connectivity index (χ3v) is 3.02. The van der Waals surface area contributed by atoms with E-state index in [1.807, 2.05) is 18.3 Å². The minimum absolute atomic E-state index is 0.778. The zero-order chi connectivity index (χ0) is 14.0.